The summed E-state index contributed by atoms with van der Waals surface area (Å²) in [6.45, 7) is 8.72. The molecule has 1 aromatic rings. The molecule has 0 aliphatic carbocycles. The Morgan fingerprint density at radius 2 is 1.34 bits per heavy atom. The van der Waals surface area contributed by atoms with Gasteiger partial charge in [-0.15, -0.1) is 0 Å². The van der Waals surface area contributed by atoms with Gasteiger partial charge in [0.25, 0.3) is 0 Å². The van der Waals surface area contributed by atoms with E-state index < -0.39 is 158 Å². The van der Waals surface area contributed by atoms with Crippen LogP contribution in [0.4, 0.5) is 0 Å². The second-order valence-corrected chi connectivity index (χ2v) is 19.3. The van der Waals surface area contributed by atoms with Gasteiger partial charge in [-0.1, -0.05) is 98.1 Å². The molecule has 0 fully saturated rings. The number of hydrogen-bond donors (Lipinski definition) is 12. The maximum Gasteiger partial charge on any atom is 0.329 e. The van der Waals surface area contributed by atoms with Crippen molar-refractivity contribution in [1.29, 1.82) is 0 Å². The fraction of sp³-hybridized carbons (Fsp3) is 0.627. The molecule has 0 unspecified atom stereocenters. The van der Waals surface area contributed by atoms with Crippen molar-refractivity contribution in [3.63, 3.8) is 0 Å². The van der Waals surface area contributed by atoms with Crippen LogP contribution in [0.5, 0.6) is 5.75 Å². The molecule has 1 aliphatic rings. The lowest BCUT2D eigenvalue weighted by Gasteiger charge is -2.32. The lowest BCUT2D eigenvalue weighted by Crippen LogP contribution is -2.59. The quantitative estimate of drug-likeness (QED) is 0.0269. The van der Waals surface area contributed by atoms with E-state index in [1.54, 1.807) is 59.8 Å². The molecule has 0 bridgehead atoms. The molecule has 23 nitrogen and oxygen atoms in total. The maximum absolute atomic E-state index is 13.8. The zero-order valence-electron chi connectivity index (χ0n) is 43.8. The summed E-state index contributed by atoms with van der Waals surface area (Å²) in [6.07, 6.45) is 8.26. The van der Waals surface area contributed by atoms with Crippen molar-refractivity contribution in [2.45, 2.75) is 154 Å². The van der Waals surface area contributed by atoms with Crippen LogP contribution in [0.25, 0.3) is 0 Å². The number of nitrogens with one attached hydrogen (secondary N) is 7. The van der Waals surface area contributed by atoms with E-state index in [-0.39, 0.29) is 18.6 Å². The highest BCUT2D eigenvalue weighted by Crippen LogP contribution is 2.18. The van der Waals surface area contributed by atoms with E-state index in [4.69, 9.17) is 4.74 Å². The molecule has 1 aromatic carbocycles. The lowest BCUT2D eigenvalue weighted by molar-refractivity contribution is -0.156. The molecule has 23 heteroatoms. The Morgan fingerprint density at radius 1 is 0.757 bits per heavy atom. The number of ether oxygens (including phenoxy) is 1. The molecular weight excluding hydrogens is 965 g/mol. The van der Waals surface area contributed by atoms with Crippen LogP contribution in [0.2, 0.25) is 0 Å². The minimum atomic E-state index is -1.77. The fourth-order valence-corrected chi connectivity index (χ4v) is 7.55. The number of amides is 8. The minimum Gasteiger partial charge on any atom is -0.508 e. The van der Waals surface area contributed by atoms with Crippen LogP contribution in [0.3, 0.4) is 0 Å². The number of carbonyl (C=O) groups is 9. The highest BCUT2D eigenvalue weighted by molar-refractivity contribution is 5.96. The number of unbranched alkanes of at least 4 members (excludes halogenated alkanes) is 4. The van der Waals surface area contributed by atoms with Crippen LogP contribution in [-0.2, 0) is 54.3 Å². The first kappa shape index (κ1) is 63.7. The number of aliphatic hydroxyl groups is 4. The SMILES string of the molecule is CCCCCC/C=C\CC(=O)N[C@@H](CO)C(=O)N[C@H](C(=O)N[C@@H](CO)[C@@H](O)CC(=O)N[C@@H](CO)C(=O)N[C@H](C(=O)N[C@@H]1/C=C/C(=O)N[C@@H](C(C)C)C(=O)N(C)[C@@H](Cc2ccc(O)cc2)C(=O)OC1)C(C)C)C(C)C. The van der Waals surface area contributed by atoms with Crippen molar-refractivity contribution < 1.29 is 73.4 Å². The third-order valence-electron chi connectivity index (χ3n) is 12.1. The third-order valence-corrected chi connectivity index (χ3v) is 12.1. The molecule has 2 rings (SSSR count). The summed E-state index contributed by atoms with van der Waals surface area (Å²) in [7, 11) is 1.40. The topological polar surface area (TPSA) is 351 Å². The summed E-state index contributed by atoms with van der Waals surface area (Å²) in [4.78, 5) is 121. The minimum absolute atomic E-state index is 0.0130. The molecule has 414 valence electrons. The van der Waals surface area contributed by atoms with Crippen LogP contribution < -0.4 is 37.2 Å². The van der Waals surface area contributed by atoms with Gasteiger partial charge in [0.1, 0.15) is 48.6 Å². The number of aromatic hydroxyl groups is 1. The Balaban J connectivity index is 2.13. The molecule has 0 saturated heterocycles. The van der Waals surface area contributed by atoms with Gasteiger partial charge >= 0.3 is 5.97 Å². The average molecular weight is 1050 g/mol. The number of cyclic esters (lactones) is 1. The molecule has 12 N–H and O–H groups in total. The molecule has 0 spiro atoms. The second kappa shape index (κ2) is 32.7. The molecule has 1 heterocycles. The maximum atomic E-state index is 13.8. The largest absolute Gasteiger partial charge is 0.508 e. The van der Waals surface area contributed by atoms with Gasteiger partial charge < -0.3 is 72.4 Å². The summed E-state index contributed by atoms with van der Waals surface area (Å²) in [5.41, 5.74) is 0.582. The second-order valence-electron chi connectivity index (χ2n) is 19.3. The number of likely N-dealkylation sites (N-methyl/N-ethyl adjacent to an activating group) is 1. The highest BCUT2D eigenvalue weighted by atomic mass is 16.5. The molecule has 0 saturated carbocycles. The van der Waals surface area contributed by atoms with Gasteiger partial charge in [0.15, 0.2) is 0 Å². The van der Waals surface area contributed by atoms with Gasteiger partial charge in [-0.05, 0) is 48.3 Å². The Bertz CT molecular complexity index is 2080. The summed E-state index contributed by atoms with van der Waals surface area (Å²) in [5.74, 6) is -8.85. The first-order valence-corrected chi connectivity index (χ1v) is 25.1. The van der Waals surface area contributed by atoms with E-state index in [0.29, 0.717) is 5.56 Å². The van der Waals surface area contributed by atoms with Crippen LogP contribution in [0.15, 0.2) is 48.6 Å². The zero-order chi connectivity index (χ0) is 55.7. The first-order valence-electron chi connectivity index (χ1n) is 25.1. The standard InChI is InChI=1S/C51H80N8O15/c1-9-10-11-12-13-14-15-16-40(65)53-36(26-61)46(68)58-44(30(4)5)49(71)55-35(25-60)39(64)24-42(67)54-37(27-62)47(69)57-43(29(2)3)48(70)52-33-19-22-41(66)56-45(31(6)7)50(72)59(8)38(51(73)74-28-33)23-32-17-20-34(63)21-18-32/h14-15,17-22,29-31,33,35-39,43-45,60-64H,9-13,16,23-28H2,1-8H3,(H,52,70)(H,53,65)(H,54,67)(H,55,71)(H,56,66)(H,57,69)(H,58,68)/b15-14-,22-19+/t33-,35+,36+,37+,38+,39+,43+,44+,45+/m1/s1. The predicted octanol–water partition coefficient (Wildman–Crippen LogP) is -1.12. The van der Waals surface area contributed by atoms with E-state index in [2.05, 4.69) is 44.1 Å². The van der Waals surface area contributed by atoms with Crippen molar-refractivity contribution in [3.05, 3.63) is 54.1 Å². The van der Waals surface area contributed by atoms with Crippen molar-refractivity contribution >= 4 is 53.2 Å². The Labute approximate surface area is 433 Å². The Hall–Kier alpha value is -6.43. The number of phenolic OH excluding ortho intramolecular Hbond substituents is 1. The Kier molecular flexibility index (Phi) is 28.1. The van der Waals surface area contributed by atoms with Crippen LogP contribution >= 0.6 is 0 Å². The molecular formula is C51H80N8O15. The van der Waals surface area contributed by atoms with Crippen LogP contribution in [0.1, 0.15) is 99.0 Å². The molecule has 1 aliphatic heterocycles. The number of benzene rings is 1. The number of aliphatic hydroxyl groups excluding tert-OH is 4. The number of rotatable bonds is 28. The molecule has 8 amide bonds. The number of carbonyl (C=O) groups excluding carboxylic acids is 9. The van der Waals surface area contributed by atoms with Gasteiger partial charge in [-0.3, -0.25) is 38.4 Å². The lowest BCUT2D eigenvalue weighted by atomic mass is 9.99. The summed E-state index contributed by atoms with van der Waals surface area (Å²) >= 11 is 0. The first-order chi connectivity index (χ1) is 35.0. The number of nitrogens with zero attached hydrogens (tertiary/aromatic N) is 1. The summed E-state index contributed by atoms with van der Waals surface area (Å²) in [5, 5.41) is 68.1. The number of allylic oxidation sites excluding steroid dienone is 1. The zero-order valence-corrected chi connectivity index (χ0v) is 43.8. The fourth-order valence-electron chi connectivity index (χ4n) is 7.55. The van der Waals surface area contributed by atoms with Crippen molar-refractivity contribution in [3.8, 4) is 5.75 Å². The smallest absolute Gasteiger partial charge is 0.329 e. The average Bonchev–Trinajstić information content (AvgIpc) is 3.35. The normalized spacial score (nSPS) is 19.4. The van der Waals surface area contributed by atoms with Gasteiger partial charge in [-0.2, -0.15) is 0 Å². The molecule has 74 heavy (non-hydrogen) atoms. The number of phenols is 1. The summed E-state index contributed by atoms with van der Waals surface area (Å²) < 4.78 is 5.62. The van der Waals surface area contributed by atoms with E-state index in [9.17, 15) is 68.7 Å². The highest BCUT2D eigenvalue weighted by Gasteiger charge is 2.37. The summed E-state index contributed by atoms with van der Waals surface area (Å²) in [6, 6.07) is -4.61. The van der Waals surface area contributed by atoms with Gasteiger partial charge in [-0.25, -0.2) is 4.79 Å². The third kappa shape index (κ3) is 21.6. The van der Waals surface area contributed by atoms with Crippen LogP contribution in [0, 0.1) is 17.8 Å². The van der Waals surface area contributed by atoms with Gasteiger partial charge in [0.05, 0.1) is 44.4 Å². The van der Waals surface area contributed by atoms with E-state index in [1.165, 1.54) is 30.2 Å². The predicted molar refractivity (Wildman–Crippen MR) is 271 cm³/mol. The molecule has 9 atom stereocenters. The van der Waals surface area contributed by atoms with E-state index in [0.717, 1.165) is 38.2 Å². The molecule has 0 aromatic heterocycles. The van der Waals surface area contributed by atoms with Crippen molar-refractivity contribution in [2.24, 2.45) is 17.8 Å². The molecule has 0 radical (unpaired) electrons. The van der Waals surface area contributed by atoms with Crippen LogP contribution in [-0.4, -0.2) is 172 Å². The van der Waals surface area contributed by atoms with Crippen molar-refractivity contribution in [2.75, 3.05) is 33.5 Å². The Morgan fingerprint density at radius 3 is 1.88 bits per heavy atom. The monoisotopic (exact) mass is 1040 g/mol. The number of esters is 1. The van der Waals surface area contributed by atoms with E-state index >= 15 is 0 Å². The van der Waals surface area contributed by atoms with Gasteiger partial charge in [0.2, 0.25) is 47.3 Å². The van der Waals surface area contributed by atoms with Gasteiger partial charge in [0, 0.05) is 26.0 Å². The van der Waals surface area contributed by atoms with Crippen molar-refractivity contribution in [1.82, 2.24) is 42.1 Å². The number of hydrogen-bond acceptors (Lipinski definition) is 15. The van der Waals surface area contributed by atoms with E-state index in [1.807, 2.05) is 6.08 Å².